The minimum atomic E-state index is -0.811. The van der Waals surface area contributed by atoms with Gasteiger partial charge < -0.3 is 14.6 Å². The van der Waals surface area contributed by atoms with Gasteiger partial charge in [-0.25, -0.2) is 4.79 Å². The van der Waals surface area contributed by atoms with Gasteiger partial charge in [0.15, 0.2) is 6.10 Å². The maximum absolute atomic E-state index is 12.1. The average molecular weight is 300 g/mol. The summed E-state index contributed by atoms with van der Waals surface area (Å²) in [5.41, 5.74) is 1.28. The normalized spacial score (nSPS) is 11.7. The van der Waals surface area contributed by atoms with Gasteiger partial charge in [-0.2, -0.15) is 0 Å². The molecule has 0 saturated carbocycles. The standard InChI is InChI=1S/C17H20N2O3/c1-3-9-18-16(20)13(2)22-17(21)14-7-6-8-15(12-14)19-10-4-5-11-19/h4-8,10-13H,3,9H2,1-2H3,(H,18,20). The highest BCUT2D eigenvalue weighted by Crippen LogP contribution is 2.12. The third-order valence-electron chi connectivity index (χ3n) is 3.19. The molecular formula is C17H20N2O3. The van der Waals surface area contributed by atoms with E-state index in [2.05, 4.69) is 5.32 Å². The van der Waals surface area contributed by atoms with Crippen molar-refractivity contribution in [3.05, 3.63) is 54.4 Å². The van der Waals surface area contributed by atoms with E-state index in [1.165, 1.54) is 0 Å². The molecule has 1 aromatic heterocycles. The quantitative estimate of drug-likeness (QED) is 0.834. The first-order valence-electron chi connectivity index (χ1n) is 7.34. The molecule has 5 nitrogen and oxygen atoms in total. The Kier molecular flexibility index (Phi) is 5.36. The molecule has 1 heterocycles. The fourth-order valence-electron chi connectivity index (χ4n) is 1.97. The molecule has 2 aromatic rings. The maximum atomic E-state index is 12.1. The van der Waals surface area contributed by atoms with Gasteiger partial charge in [-0.05, 0) is 43.7 Å². The van der Waals surface area contributed by atoms with Gasteiger partial charge in [0.25, 0.3) is 5.91 Å². The van der Waals surface area contributed by atoms with Crippen LogP contribution in [0.15, 0.2) is 48.8 Å². The number of hydrogen-bond acceptors (Lipinski definition) is 3. The Morgan fingerprint density at radius 1 is 1.23 bits per heavy atom. The summed E-state index contributed by atoms with van der Waals surface area (Å²) in [6.45, 7) is 4.10. The lowest BCUT2D eigenvalue weighted by atomic mass is 10.2. The van der Waals surface area contributed by atoms with Crippen LogP contribution in [0.1, 0.15) is 30.6 Å². The van der Waals surface area contributed by atoms with E-state index in [1.807, 2.05) is 42.1 Å². The zero-order valence-electron chi connectivity index (χ0n) is 12.8. The summed E-state index contributed by atoms with van der Waals surface area (Å²) in [5.74, 6) is -0.787. The molecule has 0 aliphatic heterocycles. The Morgan fingerprint density at radius 2 is 1.95 bits per heavy atom. The molecule has 22 heavy (non-hydrogen) atoms. The first kappa shape index (κ1) is 15.8. The van der Waals surface area contributed by atoms with Crippen molar-refractivity contribution in [3.8, 4) is 5.69 Å². The molecule has 1 N–H and O–H groups in total. The Balaban J connectivity index is 2.04. The molecule has 0 radical (unpaired) electrons. The van der Waals surface area contributed by atoms with Crippen LogP contribution in [0, 0.1) is 0 Å². The van der Waals surface area contributed by atoms with Crippen molar-refractivity contribution in [2.45, 2.75) is 26.4 Å². The van der Waals surface area contributed by atoms with E-state index in [9.17, 15) is 9.59 Å². The lowest BCUT2D eigenvalue weighted by Crippen LogP contribution is -2.36. The summed E-state index contributed by atoms with van der Waals surface area (Å²) in [4.78, 5) is 23.9. The number of amides is 1. The Morgan fingerprint density at radius 3 is 2.64 bits per heavy atom. The summed E-state index contributed by atoms with van der Waals surface area (Å²) in [7, 11) is 0. The van der Waals surface area contributed by atoms with Gasteiger partial charge in [0, 0.05) is 24.6 Å². The lowest BCUT2D eigenvalue weighted by Gasteiger charge is -2.13. The minimum Gasteiger partial charge on any atom is -0.449 e. The van der Waals surface area contributed by atoms with Crippen LogP contribution < -0.4 is 5.32 Å². The van der Waals surface area contributed by atoms with Crippen molar-refractivity contribution in [2.75, 3.05) is 6.54 Å². The Bertz CT molecular complexity index is 635. The smallest absolute Gasteiger partial charge is 0.338 e. The molecule has 1 amide bonds. The molecule has 2 rings (SSSR count). The highest BCUT2D eigenvalue weighted by molar-refractivity contribution is 5.92. The number of hydrogen-bond donors (Lipinski definition) is 1. The van der Waals surface area contributed by atoms with Crippen molar-refractivity contribution < 1.29 is 14.3 Å². The number of nitrogens with one attached hydrogen (secondary N) is 1. The fourth-order valence-corrected chi connectivity index (χ4v) is 1.97. The second-order valence-corrected chi connectivity index (χ2v) is 4.98. The van der Waals surface area contributed by atoms with E-state index < -0.39 is 12.1 Å². The fraction of sp³-hybridized carbons (Fsp3) is 0.294. The van der Waals surface area contributed by atoms with E-state index >= 15 is 0 Å². The summed E-state index contributed by atoms with van der Waals surface area (Å²) in [5, 5.41) is 2.70. The highest BCUT2D eigenvalue weighted by atomic mass is 16.5. The monoisotopic (exact) mass is 300 g/mol. The lowest BCUT2D eigenvalue weighted by molar-refractivity contribution is -0.129. The van der Waals surface area contributed by atoms with Crippen LogP contribution in [-0.2, 0) is 9.53 Å². The number of rotatable bonds is 6. The summed E-state index contributed by atoms with van der Waals surface area (Å²) >= 11 is 0. The van der Waals surface area contributed by atoms with Crippen LogP contribution in [-0.4, -0.2) is 29.1 Å². The Labute approximate surface area is 129 Å². The predicted molar refractivity (Wildman–Crippen MR) is 83.9 cm³/mol. The molecule has 1 atom stereocenters. The number of ether oxygens (including phenoxy) is 1. The highest BCUT2D eigenvalue weighted by Gasteiger charge is 2.18. The first-order valence-corrected chi connectivity index (χ1v) is 7.34. The van der Waals surface area contributed by atoms with Gasteiger partial charge in [-0.1, -0.05) is 13.0 Å². The molecule has 0 fully saturated rings. The van der Waals surface area contributed by atoms with Crippen LogP contribution in [0.3, 0.4) is 0 Å². The van der Waals surface area contributed by atoms with Gasteiger partial charge in [0.2, 0.25) is 0 Å². The van der Waals surface area contributed by atoms with E-state index in [0.717, 1.165) is 12.1 Å². The van der Waals surface area contributed by atoms with E-state index in [-0.39, 0.29) is 5.91 Å². The van der Waals surface area contributed by atoms with Crippen molar-refractivity contribution >= 4 is 11.9 Å². The van der Waals surface area contributed by atoms with Gasteiger partial charge >= 0.3 is 5.97 Å². The minimum absolute atomic E-state index is 0.281. The molecule has 0 aliphatic carbocycles. The number of nitrogens with zero attached hydrogens (tertiary/aromatic N) is 1. The van der Waals surface area contributed by atoms with Gasteiger partial charge in [0.1, 0.15) is 0 Å². The average Bonchev–Trinajstić information content (AvgIpc) is 3.07. The Hall–Kier alpha value is -2.56. The second kappa shape index (κ2) is 7.45. The van der Waals surface area contributed by atoms with E-state index in [4.69, 9.17) is 4.74 Å². The molecule has 1 aromatic carbocycles. The van der Waals surface area contributed by atoms with Gasteiger partial charge in [-0.3, -0.25) is 4.79 Å². The summed E-state index contributed by atoms with van der Waals surface area (Å²) < 4.78 is 7.10. The molecule has 0 spiro atoms. The third kappa shape index (κ3) is 3.97. The second-order valence-electron chi connectivity index (χ2n) is 4.98. The number of aromatic nitrogens is 1. The molecule has 0 aliphatic rings. The van der Waals surface area contributed by atoms with Crippen LogP contribution in [0.4, 0.5) is 0 Å². The van der Waals surface area contributed by atoms with E-state index in [1.54, 1.807) is 25.1 Å². The first-order chi connectivity index (χ1) is 10.6. The zero-order valence-corrected chi connectivity index (χ0v) is 12.8. The van der Waals surface area contributed by atoms with Gasteiger partial charge in [-0.15, -0.1) is 0 Å². The number of carbonyl (C=O) groups excluding carboxylic acids is 2. The molecular weight excluding hydrogens is 280 g/mol. The van der Waals surface area contributed by atoms with Crippen molar-refractivity contribution in [1.29, 1.82) is 0 Å². The number of benzene rings is 1. The van der Waals surface area contributed by atoms with Crippen LogP contribution in [0.25, 0.3) is 5.69 Å². The number of esters is 1. The zero-order chi connectivity index (χ0) is 15.9. The SMILES string of the molecule is CCCNC(=O)C(C)OC(=O)c1cccc(-n2cccc2)c1. The molecule has 0 saturated heterocycles. The topological polar surface area (TPSA) is 60.3 Å². The predicted octanol–water partition coefficient (Wildman–Crippen LogP) is 2.55. The van der Waals surface area contributed by atoms with Crippen LogP contribution in [0.5, 0.6) is 0 Å². The van der Waals surface area contributed by atoms with Gasteiger partial charge in [0.05, 0.1) is 5.56 Å². The third-order valence-corrected chi connectivity index (χ3v) is 3.19. The summed E-state index contributed by atoms with van der Waals surface area (Å²) in [6, 6.07) is 10.9. The molecule has 0 bridgehead atoms. The van der Waals surface area contributed by atoms with Crippen LogP contribution in [0.2, 0.25) is 0 Å². The van der Waals surface area contributed by atoms with E-state index in [0.29, 0.717) is 12.1 Å². The maximum Gasteiger partial charge on any atom is 0.338 e. The van der Waals surface area contributed by atoms with Crippen LogP contribution >= 0.6 is 0 Å². The largest absolute Gasteiger partial charge is 0.449 e. The van der Waals surface area contributed by atoms with Crippen molar-refractivity contribution in [3.63, 3.8) is 0 Å². The summed E-state index contributed by atoms with van der Waals surface area (Å²) in [6.07, 6.45) is 3.82. The number of carbonyl (C=O) groups is 2. The molecule has 1 unspecified atom stereocenters. The van der Waals surface area contributed by atoms with Crippen molar-refractivity contribution in [2.24, 2.45) is 0 Å². The van der Waals surface area contributed by atoms with Crippen molar-refractivity contribution in [1.82, 2.24) is 9.88 Å². The molecule has 5 heteroatoms. The molecule has 116 valence electrons.